The molecule has 0 aliphatic carbocycles. The summed E-state index contributed by atoms with van der Waals surface area (Å²) in [6.07, 6.45) is 13.3. The first-order valence-corrected chi connectivity index (χ1v) is 28.7. The second kappa shape index (κ2) is 35.9. The highest BCUT2D eigenvalue weighted by Crippen LogP contribution is 2.27. The molecule has 89 heavy (non-hydrogen) atoms. The van der Waals surface area contributed by atoms with Gasteiger partial charge >= 0.3 is 47.0 Å². The number of hydrogen-bond donors (Lipinski definition) is 5. The highest BCUT2D eigenvalue weighted by atomic mass is 16.6. The normalized spacial score (nSPS) is 10.5. The number of rotatable bonds is 21. The summed E-state index contributed by atoms with van der Waals surface area (Å²) in [5.74, 6) is -1.69. The molecule has 27 heteroatoms. The zero-order valence-electron chi connectivity index (χ0n) is 50.5. The molecule has 6 N–H and O–H groups in total. The van der Waals surface area contributed by atoms with Crippen molar-refractivity contribution >= 4 is 80.1 Å². The van der Waals surface area contributed by atoms with Crippen LogP contribution in [0, 0.1) is 0 Å². The Kier molecular flexibility index (Phi) is 28.0. The molecular weight excluding hydrogens is 1150 g/mol. The van der Waals surface area contributed by atoms with Crippen LogP contribution in [0.2, 0.25) is 0 Å². The minimum atomic E-state index is -0.920. The van der Waals surface area contributed by atoms with Crippen LogP contribution in [0.5, 0.6) is 0 Å². The van der Waals surface area contributed by atoms with Crippen molar-refractivity contribution in [1.29, 1.82) is 0 Å². The molecule has 0 unspecified atom stereocenters. The standard InChI is InChI=1S/C19H24N2O6.C18H19N3O4.C14H17NO3.C7H6N4O.C4H9NO2/c1-3-21(4-2)14-7-8-15-13(10-18(24)27-16(15)11-14)12-26-19(25)20-9-5-6-17(22)23;1-3-20(4-2)14-5-6-15-13(9-17(22)25-16(15)10-14)11-24-18(23)21-8-7-19-12-21;1-3-15(4-2)11-5-6-12-10(9-16)7-14(17)18-13(12)8-11;12-7(10-3-1-8-5-10)11-4-2-9-6-11;5-3-1-2-4(6)7/h7-8,10-11H,3-6,9,12H2,1-2H3,(H,20,25)(H,22,23);5-10,12H,3-4,11H2,1-2H3;5-8,16H,3-4,9H2,1-2H3;1-6H;1-3,5H2,(H,6,7). The number of nitrogens with one attached hydrogen (secondary N) is 1. The molecule has 0 spiro atoms. The molecule has 1 amide bonds. The molecule has 474 valence electrons. The Bertz CT molecular complexity index is 3830. The van der Waals surface area contributed by atoms with Crippen LogP contribution in [-0.2, 0) is 38.9 Å². The number of nitrogens with two attached hydrogens (primary N) is 1. The molecule has 3 aromatic carbocycles. The lowest BCUT2D eigenvalue weighted by atomic mass is 10.1. The molecule has 0 aliphatic heterocycles. The zero-order chi connectivity index (χ0) is 64.8. The summed E-state index contributed by atoms with van der Waals surface area (Å²) in [4.78, 5) is 108. The number of imidazole rings is 3. The number of hydrogen-bond acceptors (Lipinski definition) is 21. The number of carbonyl (C=O) groups excluding carboxylic acids is 3. The first kappa shape index (κ1) is 69.4. The summed E-state index contributed by atoms with van der Waals surface area (Å²) in [6, 6.07) is 20.8. The van der Waals surface area contributed by atoms with E-state index in [0.29, 0.717) is 58.2 Å². The van der Waals surface area contributed by atoms with Crippen molar-refractivity contribution in [3.05, 3.63) is 177 Å². The molecule has 27 nitrogen and oxygen atoms in total. The number of aromatic nitrogens is 6. The van der Waals surface area contributed by atoms with E-state index in [1.165, 1.54) is 63.3 Å². The van der Waals surface area contributed by atoms with Crippen molar-refractivity contribution in [2.75, 3.05) is 67.1 Å². The first-order valence-electron chi connectivity index (χ1n) is 28.7. The number of benzene rings is 3. The minimum Gasteiger partial charge on any atom is -0.481 e. The fraction of sp³-hybridized carbons (Fsp3) is 0.339. The molecule has 9 rings (SSSR count). The first-order chi connectivity index (χ1) is 42.9. The van der Waals surface area contributed by atoms with E-state index in [4.69, 9.17) is 38.7 Å². The third kappa shape index (κ3) is 21.2. The second-order valence-electron chi connectivity index (χ2n) is 19.0. The van der Waals surface area contributed by atoms with Gasteiger partial charge in [-0.1, -0.05) is 0 Å². The van der Waals surface area contributed by atoms with Crippen LogP contribution in [-0.4, -0.2) is 126 Å². The lowest BCUT2D eigenvalue weighted by Gasteiger charge is -2.21. The third-order valence-corrected chi connectivity index (χ3v) is 13.3. The fourth-order valence-corrected chi connectivity index (χ4v) is 8.72. The van der Waals surface area contributed by atoms with E-state index in [2.05, 4.69) is 62.7 Å². The van der Waals surface area contributed by atoms with E-state index in [0.717, 1.165) is 67.1 Å². The van der Waals surface area contributed by atoms with Crippen LogP contribution in [0.15, 0.2) is 157 Å². The van der Waals surface area contributed by atoms with Gasteiger partial charge in [0, 0.05) is 177 Å². The highest BCUT2D eigenvalue weighted by Gasteiger charge is 2.15. The summed E-state index contributed by atoms with van der Waals surface area (Å²) in [7, 11) is 0. The van der Waals surface area contributed by atoms with Crippen LogP contribution in [0.3, 0.4) is 0 Å². The van der Waals surface area contributed by atoms with E-state index >= 15 is 0 Å². The predicted octanol–water partition coefficient (Wildman–Crippen LogP) is 8.29. The smallest absolute Gasteiger partial charge is 0.419 e. The van der Waals surface area contributed by atoms with Gasteiger partial charge in [-0.15, -0.1) is 0 Å². The SMILES string of the molecule is CCN(CC)c1ccc2c(CO)cc(=O)oc2c1.CCN(CC)c1ccc2c(COC(=O)NCCCC(=O)O)cc(=O)oc2c1.CCN(CC)c1ccc2c(COC(=O)n3ccnc3)cc(=O)oc2c1.NCCCC(=O)O.O=C(n1ccnc1)n1ccnc1. The quantitative estimate of drug-likeness (QED) is 0.0333. The van der Waals surface area contributed by atoms with Crippen molar-refractivity contribution in [2.45, 2.75) is 87.0 Å². The number of ether oxygens (including phenoxy) is 2. The number of carboxylic acids is 2. The Morgan fingerprint density at radius 2 is 0.899 bits per heavy atom. The molecule has 0 saturated carbocycles. The van der Waals surface area contributed by atoms with Crippen molar-refractivity contribution < 1.29 is 62.0 Å². The summed E-state index contributed by atoms with van der Waals surface area (Å²) < 4.78 is 30.2. The van der Waals surface area contributed by atoms with Crippen LogP contribution in [0.25, 0.3) is 32.9 Å². The average molecular weight is 1230 g/mol. The number of aliphatic carboxylic acids is 2. The number of anilines is 3. The lowest BCUT2D eigenvalue weighted by molar-refractivity contribution is -0.138. The minimum absolute atomic E-state index is 0.0241. The van der Waals surface area contributed by atoms with Gasteiger partial charge < -0.3 is 63.8 Å². The Hall–Kier alpha value is -10.4. The number of carbonyl (C=O) groups is 5. The number of amides is 1. The van der Waals surface area contributed by atoms with E-state index in [-0.39, 0.29) is 45.2 Å². The van der Waals surface area contributed by atoms with Gasteiger partial charge in [-0.25, -0.2) is 48.3 Å². The van der Waals surface area contributed by atoms with E-state index < -0.39 is 41.0 Å². The van der Waals surface area contributed by atoms with Gasteiger partial charge in [-0.3, -0.25) is 18.7 Å². The monoisotopic (exact) mass is 1230 g/mol. The Morgan fingerprint density at radius 3 is 1.25 bits per heavy atom. The molecule has 0 atom stereocenters. The third-order valence-electron chi connectivity index (χ3n) is 13.3. The van der Waals surface area contributed by atoms with E-state index in [1.807, 2.05) is 62.4 Å². The van der Waals surface area contributed by atoms with Gasteiger partial charge in [-0.2, -0.15) is 0 Å². The number of fused-ring (bicyclic) bond motifs is 3. The lowest BCUT2D eigenvalue weighted by Crippen LogP contribution is -2.25. The van der Waals surface area contributed by atoms with Crippen LogP contribution in [0.4, 0.5) is 31.4 Å². The topological polar surface area (TPSA) is 356 Å². The van der Waals surface area contributed by atoms with Crippen LogP contribution in [0.1, 0.15) is 83.9 Å². The van der Waals surface area contributed by atoms with Gasteiger partial charge in [0.2, 0.25) is 0 Å². The largest absolute Gasteiger partial charge is 0.481 e. The van der Waals surface area contributed by atoms with E-state index in [1.54, 1.807) is 30.9 Å². The summed E-state index contributed by atoms with van der Waals surface area (Å²) in [5.41, 5.74) is 9.74. The van der Waals surface area contributed by atoms with Gasteiger partial charge in [0.05, 0.1) is 6.61 Å². The van der Waals surface area contributed by atoms with Crippen molar-refractivity contribution in [2.24, 2.45) is 5.73 Å². The molecule has 0 bridgehead atoms. The second-order valence-corrected chi connectivity index (χ2v) is 19.0. The molecule has 6 aromatic heterocycles. The molecule has 9 aromatic rings. The van der Waals surface area contributed by atoms with Gasteiger partial charge in [-0.05, 0) is 103 Å². The van der Waals surface area contributed by atoms with Crippen LogP contribution < -0.4 is 42.6 Å². The fourth-order valence-electron chi connectivity index (χ4n) is 8.72. The Morgan fingerprint density at radius 1 is 0.528 bits per heavy atom. The maximum atomic E-state index is 11.9. The molecule has 0 fully saturated rings. The van der Waals surface area contributed by atoms with Gasteiger partial charge in [0.1, 0.15) is 48.9 Å². The molecule has 0 radical (unpaired) electrons. The average Bonchev–Trinajstić information content (AvgIpc) is 1.99. The maximum Gasteiger partial charge on any atom is 0.419 e. The number of carboxylic acid groups (broad SMARTS) is 2. The highest BCUT2D eigenvalue weighted by molar-refractivity contribution is 5.86. The number of aliphatic hydroxyl groups is 1. The van der Waals surface area contributed by atoms with Gasteiger partial charge in [0.25, 0.3) is 0 Å². The predicted molar refractivity (Wildman–Crippen MR) is 333 cm³/mol. The van der Waals surface area contributed by atoms with Crippen molar-refractivity contribution in [3.63, 3.8) is 0 Å². The maximum absolute atomic E-state index is 11.9. The summed E-state index contributed by atoms with van der Waals surface area (Å²) in [5, 5.41) is 30.5. The van der Waals surface area contributed by atoms with E-state index in [9.17, 15) is 43.5 Å². The van der Waals surface area contributed by atoms with Gasteiger partial charge in [0.15, 0.2) is 0 Å². The zero-order valence-corrected chi connectivity index (χ0v) is 50.5. The molecule has 0 aliphatic rings. The number of aliphatic hydroxyl groups excluding tert-OH is 1. The summed E-state index contributed by atoms with van der Waals surface area (Å²) in [6.45, 7) is 17.9. The summed E-state index contributed by atoms with van der Waals surface area (Å²) >= 11 is 0. The molecular formula is C62H75N11O16. The van der Waals surface area contributed by atoms with Crippen LogP contribution >= 0.6 is 0 Å². The Balaban J connectivity index is 0.000000214. The number of alkyl carbamates (subject to hydrolysis) is 1. The van der Waals surface area contributed by atoms with Crippen molar-refractivity contribution in [3.8, 4) is 0 Å². The number of nitrogens with zero attached hydrogens (tertiary/aromatic N) is 9. The Labute approximate surface area is 511 Å². The van der Waals surface area contributed by atoms with Crippen molar-refractivity contribution in [1.82, 2.24) is 34.0 Å². The molecule has 6 heterocycles. The molecule has 0 saturated heterocycles.